The molecule has 0 spiro atoms. The summed E-state index contributed by atoms with van der Waals surface area (Å²) >= 11 is 0. The van der Waals surface area contributed by atoms with Crippen LogP contribution in [-0.4, -0.2) is 0 Å². The van der Waals surface area contributed by atoms with E-state index in [0.29, 0.717) is 6.07 Å². The minimum absolute atomic E-state index is 0.699. The molecule has 19 heavy (non-hydrogen) atoms. The second-order valence-electron chi connectivity index (χ2n) is 3.27. The van der Waals surface area contributed by atoms with Crippen molar-refractivity contribution in [1.82, 2.24) is 0 Å². The molecule has 0 amide bonds. The van der Waals surface area contributed by atoms with Gasteiger partial charge in [-0.05, 0) is 0 Å². The molecule has 2 nitrogen and oxygen atoms in total. The van der Waals surface area contributed by atoms with Crippen molar-refractivity contribution in [2.45, 2.75) is 12.4 Å². The first-order valence-corrected chi connectivity index (χ1v) is 4.27. The molecule has 0 unspecified atom stereocenters. The molecule has 0 atom stereocenters. The number of alkyl halides is 6. The molecule has 0 saturated heterocycles. The van der Waals surface area contributed by atoms with E-state index in [1.807, 2.05) is 0 Å². The van der Waals surface area contributed by atoms with Gasteiger partial charge in [-0.1, -0.05) is 0 Å². The summed E-state index contributed by atoms with van der Waals surface area (Å²) in [4.78, 5) is 0. The van der Waals surface area contributed by atoms with Crippen LogP contribution in [0, 0.1) is 23.0 Å². The molecule has 0 aromatic heterocycles. The molecule has 1 aromatic carbocycles. The van der Waals surface area contributed by atoms with Crippen molar-refractivity contribution >= 4 is 5.69 Å². The number of nitrogen functional groups attached to an aromatic ring is 1. The third-order valence-corrected chi connectivity index (χ3v) is 2.10. The second kappa shape index (κ2) is 4.25. The summed E-state index contributed by atoms with van der Waals surface area (Å²) in [6.45, 7) is 0. The van der Waals surface area contributed by atoms with Gasteiger partial charge in [0.2, 0.25) is 0 Å². The molecular formula is C9H2F8N2. The van der Waals surface area contributed by atoms with Crippen LogP contribution in [0.1, 0.15) is 16.7 Å². The van der Waals surface area contributed by atoms with Crippen LogP contribution in [0.5, 0.6) is 0 Å². The van der Waals surface area contributed by atoms with E-state index in [-0.39, 0.29) is 0 Å². The van der Waals surface area contributed by atoms with Gasteiger partial charge >= 0.3 is 12.4 Å². The third kappa shape index (κ3) is 2.40. The summed E-state index contributed by atoms with van der Waals surface area (Å²) < 4.78 is 100. The third-order valence-electron chi connectivity index (χ3n) is 2.10. The number of nitrogens with zero attached hydrogens (tertiary/aromatic N) is 1. The van der Waals surface area contributed by atoms with Crippen LogP contribution in [0.15, 0.2) is 0 Å². The second-order valence-corrected chi connectivity index (χ2v) is 3.27. The van der Waals surface area contributed by atoms with Crippen LogP contribution in [0.4, 0.5) is 40.8 Å². The first-order valence-electron chi connectivity index (χ1n) is 4.27. The fraction of sp³-hybridized carbons (Fsp3) is 0.222. The normalized spacial score (nSPS) is 12.4. The van der Waals surface area contributed by atoms with Gasteiger partial charge in [0.25, 0.3) is 0 Å². The van der Waals surface area contributed by atoms with Crippen LogP contribution in [0.25, 0.3) is 0 Å². The Labute approximate surface area is 99.6 Å². The lowest BCUT2D eigenvalue weighted by Gasteiger charge is -2.17. The summed E-state index contributed by atoms with van der Waals surface area (Å²) in [6, 6.07) is 0.699. The summed E-state index contributed by atoms with van der Waals surface area (Å²) in [5.74, 6) is -5.61. The van der Waals surface area contributed by atoms with E-state index in [0.717, 1.165) is 0 Å². The predicted octanol–water partition coefficient (Wildman–Crippen LogP) is 3.46. The molecule has 0 radical (unpaired) electrons. The number of nitriles is 1. The SMILES string of the molecule is N#Cc1c(N)c(C(F)(F)F)c(F)c(F)c1C(F)(F)F. The first kappa shape index (κ1) is 15.0. The number of rotatable bonds is 0. The van der Waals surface area contributed by atoms with Crippen molar-refractivity contribution in [2.75, 3.05) is 5.73 Å². The van der Waals surface area contributed by atoms with E-state index in [2.05, 4.69) is 0 Å². The minimum Gasteiger partial charge on any atom is -0.397 e. The lowest BCUT2D eigenvalue weighted by atomic mass is 9.99. The summed E-state index contributed by atoms with van der Waals surface area (Å²) in [7, 11) is 0. The number of hydrogen-bond donors (Lipinski definition) is 1. The highest BCUT2D eigenvalue weighted by Gasteiger charge is 2.46. The maximum absolute atomic E-state index is 13.1. The topological polar surface area (TPSA) is 49.8 Å². The van der Waals surface area contributed by atoms with Gasteiger partial charge in [0.1, 0.15) is 17.2 Å². The molecule has 1 rings (SSSR count). The highest BCUT2D eigenvalue weighted by atomic mass is 19.4. The Bertz CT molecular complexity index is 564. The quantitative estimate of drug-likeness (QED) is 0.587. The average Bonchev–Trinajstić information content (AvgIpc) is 2.19. The van der Waals surface area contributed by atoms with Crippen LogP contribution in [0.2, 0.25) is 0 Å². The van der Waals surface area contributed by atoms with Gasteiger partial charge in [-0.2, -0.15) is 31.6 Å². The van der Waals surface area contributed by atoms with Crippen LogP contribution < -0.4 is 5.73 Å². The van der Waals surface area contributed by atoms with E-state index in [4.69, 9.17) is 11.0 Å². The van der Waals surface area contributed by atoms with E-state index >= 15 is 0 Å². The first-order chi connectivity index (χ1) is 8.42. The lowest BCUT2D eigenvalue weighted by molar-refractivity contribution is -0.145. The molecule has 0 aliphatic rings. The zero-order valence-electron chi connectivity index (χ0n) is 8.55. The zero-order valence-corrected chi connectivity index (χ0v) is 8.55. The zero-order chi connectivity index (χ0) is 15.2. The van der Waals surface area contributed by atoms with Crippen molar-refractivity contribution < 1.29 is 35.1 Å². The van der Waals surface area contributed by atoms with E-state index in [1.54, 1.807) is 0 Å². The Morgan fingerprint density at radius 3 is 1.53 bits per heavy atom. The molecule has 104 valence electrons. The number of benzene rings is 1. The van der Waals surface area contributed by atoms with Gasteiger partial charge in [-0.3, -0.25) is 0 Å². The molecular weight excluding hydrogens is 288 g/mol. The van der Waals surface area contributed by atoms with E-state index < -0.39 is 46.4 Å². The molecule has 0 heterocycles. The fourth-order valence-corrected chi connectivity index (χ4v) is 1.37. The van der Waals surface area contributed by atoms with Crippen LogP contribution >= 0.6 is 0 Å². The van der Waals surface area contributed by atoms with E-state index in [9.17, 15) is 35.1 Å². The number of halogens is 8. The summed E-state index contributed by atoms with van der Waals surface area (Å²) in [6.07, 6.45) is -11.1. The van der Waals surface area contributed by atoms with Crippen LogP contribution in [-0.2, 0) is 12.4 Å². The Morgan fingerprint density at radius 2 is 1.21 bits per heavy atom. The van der Waals surface area contributed by atoms with Crippen molar-refractivity contribution in [2.24, 2.45) is 0 Å². The molecule has 0 bridgehead atoms. The van der Waals surface area contributed by atoms with Crippen molar-refractivity contribution in [3.63, 3.8) is 0 Å². The molecule has 0 fully saturated rings. The fourth-order valence-electron chi connectivity index (χ4n) is 1.37. The number of anilines is 1. The van der Waals surface area contributed by atoms with Gasteiger partial charge in [-0.25, -0.2) is 8.78 Å². The molecule has 2 N–H and O–H groups in total. The van der Waals surface area contributed by atoms with E-state index in [1.165, 1.54) is 0 Å². The highest BCUT2D eigenvalue weighted by molar-refractivity contribution is 5.65. The monoisotopic (exact) mass is 290 g/mol. The van der Waals surface area contributed by atoms with Gasteiger partial charge < -0.3 is 5.73 Å². The molecule has 1 aromatic rings. The van der Waals surface area contributed by atoms with Crippen molar-refractivity contribution in [1.29, 1.82) is 5.26 Å². The van der Waals surface area contributed by atoms with Crippen molar-refractivity contribution in [3.05, 3.63) is 28.3 Å². The Balaban J connectivity index is 3.92. The number of nitrogens with two attached hydrogens (primary N) is 1. The number of hydrogen-bond acceptors (Lipinski definition) is 2. The Morgan fingerprint density at radius 1 is 0.842 bits per heavy atom. The molecule has 0 saturated carbocycles. The maximum Gasteiger partial charge on any atom is 0.421 e. The standard InChI is InChI=1S/C9H2F8N2/c10-5-3(8(12,13)14)2(1-18)7(19)4(6(5)11)9(15,16)17/h19H2. The molecule has 0 aliphatic heterocycles. The van der Waals surface area contributed by atoms with Gasteiger partial charge in [0, 0.05) is 0 Å². The van der Waals surface area contributed by atoms with Crippen LogP contribution in [0.3, 0.4) is 0 Å². The van der Waals surface area contributed by atoms with Gasteiger partial charge in [0.15, 0.2) is 11.6 Å². The average molecular weight is 290 g/mol. The minimum atomic E-state index is -5.56. The Kier molecular flexibility index (Phi) is 3.36. The molecule has 10 heteroatoms. The predicted molar refractivity (Wildman–Crippen MR) is 45.5 cm³/mol. The maximum atomic E-state index is 13.1. The van der Waals surface area contributed by atoms with Gasteiger partial charge in [0.05, 0.1) is 11.3 Å². The smallest absolute Gasteiger partial charge is 0.397 e. The Hall–Kier alpha value is -2.05. The van der Waals surface area contributed by atoms with Gasteiger partial charge in [-0.15, -0.1) is 0 Å². The lowest BCUT2D eigenvalue weighted by Crippen LogP contribution is -2.21. The summed E-state index contributed by atoms with van der Waals surface area (Å²) in [5, 5.41) is 8.38. The highest BCUT2D eigenvalue weighted by Crippen LogP contribution is 2.44. The summed E-state index contributed by atoms with van der Waals surface area (Å²) in [5.41, 5.74) is -3.81. The van der Waals surface area contributed by atoms with Crippen molar-refractivity contribution in [3.8, 4) is 6.07 Å². The molecule has 0 aliphatic carbocycles. The largest absolute Gasteiger partial charge is 0.421 e.